The van der Waals surface area contributed by atoms with Gasteiger partial charge in [-0.2, -0.15) is 0 Å². The zero-order valence-corrected chi connectivity index (χ0v) is 12.4. The summed E-state index contributed by atoms with van der Waals surface area (Å²) in [5.74, 6) is 0.525. The molecule has 0 aliphatic heterocycles. The number of carbonyl (C=O) groups is 1. The maximum atomic E-state index is 12.1. The third kappa shape index (κ3) is 2.73. The quantitative estimate of drug-likeness (QED) is 0.923. The fourth-order valence-corrected chi connectivity index (χ4v) is 2.93. The van der Waals surface area contributed by atoms with Crippen LogP contribution >= 0.6 is 27.3 Å². The first-order valence-corrected chi connectivity index (χ1v) is 6.93. The Morgan fingerprint density at radius 3 is 2.72 bits per heavy atom. The Morgan fingerprint density at radius 2 is 2.11 bits per heavy atom. The number of benzene rings is 1. The van der Waals surface area contributed by atoms with E-state index in [2.05, 4.69) is 21.2 Å². The molecule has 0 aliphatic rings. The molecule has 0 atom stereocenters. The van der Waals surface area contributed by atoms with Crippen LogP contribution in [0, 0.1) is 6.92 Å². The Balaban J connectivity index is 2.21. The molecular formula is C13H12BrNO2S. The third-order valence-corrected chi connectivity index (χ3v) is 4.57. The summed E-state index contributed by atoms with van der Waals surface area (Å²) in [7, 11) is 1.58. The lowest BCUT2D eigenvalue weighted by molar-refractivity contribution is 0.103. The van der Waals surface area contributed by atoms with Gasteiger partial charge in [-0.25, -0.2) is 0 Å². The van der Waals surface area contributed by atoms with Crippen LogP contribution in [-0.2, 0) is 0 Å². The molecule has 3 nitrogen and oxygen atoms in total. The van der Waals surface area contributed by atoms with Gasteiger partial charge in [-0.05, 0) is 46.6 Å². The molecule has 1 N–H and O–H groups in total. The van der Waals surface area contributed by atoms with Crippen molar-refractivity contribution in [3.8, 4) is 5.75 Å². The van der Waals surface area contributed by atoms with Gasteiger partial charge in [0.05, 0.1) is 21.5 Å². The first-order chi connectivity index (χ1) is 8.61. The normalized spacial score (nSPS) is 10.2. The fraction of sp³-hybridized carbons (Fsp3) is 0.154. The second-order valence-corrected chi connectivity index (χ2v) is 6.09. The molecule has 1 heterocycles. The number of para-hydroxylation sites is 2. The predicted molar refractivity (Wildman–Crippen MR) is 77.7 cm³/mol. The molecule has 0 aliphatic carbocycles. The number of methoxy groups -OCH3 is 1. The van der Waals surface area contributed by atoms with E-state index in [4.69, 9.17) is 4.74 Å². The van der Waals surface area contributed by atoms with E-state index >= 15 is 0 Å². The maximum Gasteiger partial charge on any atom is 0.265 e. The van der Waals surface area contributed by atoms with E-state index < -0.39 is 0 Å². The average molecular weight is 326 g/mol. The van der Waals surface area contributed by atoms with Crippen molar-refractivity contribution < 1.29 is 9.53 Å². The number of rotatable bonds is 3. The molecule has 94 valence electrons. The highest BCUT2D eigenvalue weighted by Crippen LogP contribution is 2.29. The second-order valence-electron chi connectivity index (χ2n) is 3.72. The van der Waals surface area contributed by atoms with Gasteiger partial charge in [0.2, 0.25) is 0 Å². The Morgan fingerprint density at radius 1 is 1.39 bits per heavy atom. The molecule has 0 radical (unpaired) electrons. The van der Waals surface area contributed by atoms with Gasteiger partial charge in [-0.1, -0.05) is 12.1 Å². The summed E-state index contributed by atoms with van der Waals surface area (Å²) in [6.45, 7) is 1.96. The number of anilines is 1. The number of aryl methyl sites for hydroxylation is 1. The lowest BCUT2D eigenvalue weighted by atomic mass is 10.2. The van der Waals surface area contributed by atoms with Crippen molar-refractivity contribution >= 4 is 38.9 Å². The van der Waals surface area contributed by atoms with Gasteiger partial charge in [0.1, 0.15) is 5.75 Å². The summed E-state index contributed by atoms with van der Waals surface area (Å²) < 4.78 is 6.17. The minimum Gasteiger partial charge on any atom is -0.495 e. The Labute approximate surface area is 118 Å². The molecule has 2 rings (SSSR count). The van der Waals surface area contributed by atoms with Crippen LogP contribution in [0.2, 0.25) is 0 Å². The van der Waals surface area contributed by atoms with Gasteiger partial charge in [0.25, 0.3) is 5.91 Å². The lowest BCUT2D eigenvalue weighted by Crippen LogP contribution is -2.10. The molecule has 5 heteroatoms. The van der Waals surface area contributed by atoms with Crippen molar-refractivity contribution in [2.45, 2.75) is 6.92 Å². The van der Waals surface area contributed by atoms with Crippen LogP contribution in [0.4, 0.5) is 5.69 Å². The number of carbonyl (C=O) groups excluding carboxylic acids is 1. The number of thiophene rings is 1. The molecule has 0 unspecified atom stereocenters. The van der Waals surface area contributed by atoms with E-state index in [0.29, 0.717) is 16.3 Å². The molecule has 0 bridgehead atoms. The van der Waals surface area contributed by atoms with E-state index in [9.17, 15) is 4.79 Å². The number of amides is 1. The smallest absolute Gasteiger partial charge is 0.265 e. The van der Waals surface area contributed by atoms with E-state index in [-0.39, 0.29) is 5.91 Å². The monoisotopic (exact) mass is 325 g/mol. The Bertz CT molecular complexity index is 561. The van der Waals surface area contributed by atoms with Crippen molar-refractivity contribution in [3.05, 3.63) is 44.6 Å². The minimum atomic E-state index is -0.127. The van der Waals surface area contributed by atoms with E-state index in [1.165, 1.54) is 11.3 Å². The van der Waals surface area contributed by atoms with Gasteiger partial charge in [-0.3, -0.25) is 4.79 Å². The zero-order valence-electron chi connectivity index (χ0n) is 9.99. The zero-order chi connectivity index (χ0) is 13.1. The van der Waals surface area contributed by atoms with Gasteiger partial charge < -0.3 is 10.1 Å². The predicted octanol–water partition coefficient (Wildman–Crippen LogP) is 4.08. The molecular weight excluding hydrogens is 314 g/mol. The summed E-state index contributed by atoms with van der Waals surface area (Å²) in [5.41, 5.74) is 1.73. The van der Waals surface area contributed by atoms with Crippen LogP contribution in [0.25, 0.3) is 0 Å². The summed E-state index contributed by atoms with van der Waals surface area (Å²) in [4.78, 5) is 12.7. The van der Waals surface area contributed by atoms with Crippen molar-refractivity contribution in [2.24, 2.45) is 0 Å². The lowest BCUT2D eigenvalue weighted by Gasteiger charge is -2.08. The number of ether oxygens (including phenoxy) is 1. The molecule has 0 saturated heterocycles. The molecule has 0 spiro atoms. The largest absolute Gasteiger partial charge is 0.495 e. The molecule has 1 aromatic carbocycles. The Kier molecular flexibility index (Phi) is 4.04. The maximum absolute atomic E-state index is 12.1. The number of halogens is 1. The second kappa shape index (κ2) is 5.54. The minimum absolute atomic E-state index is 0.127. The molecule has 2 aromatic rings. The van der Waals surface area contributed by atoms with Crippen molar-refractivity contribution in [1.29, 1.82) is 0 Å². The summed E-state index contributed by atoms with van der Waals surface area (Å²) in [5, 5.41) is 2.84. The van der Waals surface area contributed by atoms with Gasteiger partial charge in [0.15, 0.2) is 0 Å². The Hall–Kier alpha value is -1.33. The molecule has 1 aromatic heterocycles. The van der Waals surface area contributed by atoms with Crippen LogP contribution in [0.1, 0.15) is 15.2 Å². The molecule has 0 saturated carbocycles. The van der Waals surface area contributed by atoms with Crippen LogP contribution in [-0.4, -0.2) is 13.0 Å². The molecule has 0 fully saturated rings. The highest BCUT2D eigenvalue weighted by Gasteiger charge is 2.13. The summed E-state index contributed by atoms with van der Waals surface area (Å²) >= 11 is 4.83. The first kappa shape index (κ1) is 13.1. The van der Waals surface area contributed by atoms with Gasteiger partial charge in [0, 0.05) is 0 Å². The number of nitrogens with one attached hydrogen (secondary N) is 1. The standard InChI is InChI=1S/C13H12BrNO2S/c1-8-7-11(18-12(8)14)13(16)15-9-5-3-4-6-10(9)17-2/h3-7H,1-2H3,(H,15,16). The summed E-state index contributed by atoms with van der Waals surface area (Å²) in [6, 6.07) is 9.20. The average Bonchev–Trinajstić information content (AvgIpc) is 2.70. The highest BCUT2D eigenvalue weighted by atomic mass is 79.9. The van der Waals surface area contributed by atoms with Gasteiger partial charge >= 0.3 is 0 Å². The molecule has 18 heavy (non-hydrogen) atoms. The topological polar surface area (TPSA) is 38.3 Å². The van der Waals surface area contributed by atoms with E-state index in [1.54, 1.807) is 7.11 Å². The van der Waals surface area contributed by atoms with Crippen molar-refractivity contribution in [2.75, 3.05) is 12.4 Å². The van der Waals surface area contributed by atoms with Crippen molar-refractivity contribution in [1.82, 2.24) is 0 Å². The van der Waals surface area contributed by atoms with Crippen LogP contribution in [0.15, 0.2) is 34.1 Å². The van der Waals surface area contributed by atoms with Crippen LogP contribution < -0.4 is 10.1 Å². The SMILES string of the molecule is COc1ccccc1NC(=O)c1cc(C)c(Br)s1. The molecule has 1 amide bonds. The van der Waals surface area contributed by atoms with E-state index in [0.717, 1.165) is 9.35 Å². The number of hydrogen-bond acceptors (Lipinski definition) is 3. The van der Waals surface area contributed by atoms with E-state index in [1.807, 2.05) is 37.3 Å². The van der Waals surface area contributed by atoms with Crippen LogP contribution in [0.5, 0.6) is 5.75 Å². The highest BCUT2D eigenvalue weighted by molar-refractivity contribution is 9.11. The summed E-state index contributed by atoms with van der Waals surface area (Å²) in [6.07, 6.45) is 0. The van der Waals surface area contributed by atoms with Crippen molar-refractivity contribution in [3.63, 3.8) is 0 Å². The third-order valence-electron chi connectivity index (χ3n) is 2.44. The van der Waals surface area contributed by atoms with Gasteiger partial charge in [-0.15, -0.1) is 11.3 Å². The fourth-order valence-electron chi connectivity index (χ4n) is 1.50. The number of hydrogen-bond donors (Lipinski definition) is 1. The first-order valence-electron chi connectivity index (χ1n) is 5.32. The van der Waals surface area contributed by atoms with Crippen LogP contribution in [0.3, 0.4) is 0 Å².